The van der Waals surface area contributed by atoms with Gasteiger partial charge in [-0.2, -0.15) is 0 Å². The first-order chi connectivity index (χ1) is 34.0. The number of nitrogens with zero attached hydrogens (tertiary/aromatic N) is 1. The lowest BCUT2D eigenvalue weighted by Gasteiger charge is -2.34. The fourth-order valence-electron chi connectivity index (χ4n) is 13.3. The predicted octanol–water partition coefficient (Wildman–Crippen LogP) is 18.1. The Morgan fingerprint density at radius 3 is 1.39 bits per heavy atom. The van der Waals surface area contributed by atoms with Crippen molar-refractivity contribution < 1.29 is 0 Å². The Balaban J connectivity index is 1.10. The van der Waals surface area contributed by atoms with Crippen LogP contribution in [0, 0.1) is 0 Å². The van der Waals surface area contributed by atoms with Gasteiger partial charge in [-0.3, -0.25) is 0 Å². The monoisotopic (exact) mass is 875 g/mol. The molecule has 0 saturated heterocycles. The summed E-state index contributed by atoms with van der Waals surface area (Å²) in [6.07, 6.45) is 0. The molecule has 0 amide bonds. The van der Waals surface area contributed by atoms with E-state index in [0.717, 1.165) is 17.1 Å². The Hall–Kier alpha value is -8.52. The maximum absolute atomic E-state index is 2.60. The van der Waals surface area contributed by atoms with E-state index in [1.807, 2.05) is 0 Å². The molecule has 0 bridgehead atoms. The minimum Gasteiger partial charge on any atom is -0.309 e. The quantitative estimate of drug-likeness (QED) is 0.159. The van der Waals surface area contributed by atoms with Crippen LogP contribution in [0.4, 0.5) is 17.1 Å². The molecule has 0 aromatic heterocycles. The van der Waals surface area contributed by atoms with E-state index in [1.165, 1.54) is 121 Å². The Bertz CT molecular complexity index is 4100. The average molecular weight is 876 g/mol. The molecule has 12 aromatic rings. The topological polar surface area (TPSA) is 3.24 Å². The van der Waals surface area contributed by atoms with Gasteiger partial charge < -0.3 is 4.90 Å². The van der Waals surface area contributed by atoms with Crippen LogP contribution in [0.15, 0.2) is 237 Å². The summed E-state index contributed by atoms with van der Waals surface area (Å²) in [4.78, 5) is 2.60. The van der Waals surface area contributed by atoms with E-state index in [0.29, 0.717) is 0 Å². The van der Waals surface area contributed by atoms with Gasteiger partial charge in [0.15, 0.2) is 0 Å². The summed E-state index contributed by atoms with van der Waals surface area (Å²) in [6.45, 7) is 4.79. The Morgan fingerprint density at radius 2 is 0.754 bits per heavy atom. The number of fused-ring (bicyclic) bond motifs is 20. The lowest BCUT2D eigenvalue weighted by molar-refractivity contribution is 0.660. The molecule has 1 spiro atoms. The van der Waals surface area contributed by atoms with Crippen LogP contribution in [0.5, 0.6) is 0 Å². The molecule has 1 nitrogen and oxygen atoms in total. The zero-order valence-corrected chi connectivity index (χ0v) is 38.5. The van der Waals surface area contributed by atoms with Crippen molar-refractivity contribution in [2.75, 3.05) is 4.90 Å². The third-order valence-electron chi connectivity index (χ3n) is 16.2. The Morgan fingerprint density at radius 1 is 0.275 bits per heavy atom. The highest BCUT2D eigenvalue weighted by molar-refractivity contribution is 6.26. The van der Waals surface area contributed by atoms with Crippen LogP contribution in [0.25, 0.3) is 87.6 Å². The lowest BCUT2D eigenvalue weighted by atomic mass is 9.70. The third kappa shape index (κ3) is 5.09. The van der Waals surface area contributed by atoms with E-state index in [-0.39, 0.29) is 5.41 Å². The fraction of sp³-hybridized carbons (Fsp3) is 0.0588. The second-order valence-electron chi connectivity index (χ2n) is 19.9. The predicted molar refractivity (Wildman–Crippen MR) is 290 cm³/mol. The largest absolute Gasteiger partial charge is 0.309 e. The molecule has 69 heavy (non-hydrogen) atoms. The maximum Gasteiger partial charge on any atom is 0.0726 e. The molecule has 15 rings (SSSR count). The van der Waals surface area contributed by atoms with Gasteiger partial charge in [-0.1, -0.05) is 214 Å². The van der Waals surface area contributed by atoms with Gasteiger partial charge in [0.2, 0.25) is 0 Å². The van der Waals surface area contributed by atoms with Crippen LogP contribution in [-0.4, -0.2) is 0 Å². The van der Waals surface area contributed by atoms with E-state index in [4.69, 9.17) is 0 Å². The van der Waals surface area contributed by atoms with Crippen LogP contribution in [0.3, 0.4) is 0 Å². The Kier molecular flexibility index (Phi) is 7.83. The second-order valence-corrected chi connectivity index (χ2v) is 19.9. The molecular weight excluding hydrogens is 831 g/mol. The van der Waals surface area contributed by atoms with Gasteiger partial charge in [-0.25, -0.2) is 0 Å². The zero-order chi connectivity index (χ0) is 45.6. The Labute approximate surface area is 402 Å². The lowest BCUT2D eigenvalue weighted by Crippen LogP contribution is -2.26. The van der Waals surface area contributed by atoms with Crippen molar-refractivity contribution in [2.24, 2.45) is 0 Å². The summed E-state index contributed by atoms with van der Waals surface area (Å²) in [6, 6.07) is 89.7. The molecule has 1 heteroatoms. The average Bonchev–Trinajstić information content (AvgIpc) is 3.96. The number of rotatable bonds is 4. The molecule has 0 radical (unpaired) electrons. The van der Waals surface area contributed by atoms with Crippen LogP contribution in [-0.2, 0) is 10.8 Å². The molecule has 0 aliphatic heterocycles. The third-order valence-corrected chi connectivity index (χ3v) is 16.2. The standard InChI is InChI=1S/C68H45N/c1-67(2)59-29-13-9-25-51(59)55-36-34-43(38-63(55)67)56-40-58-54-28-12-16-32-62(54)68(60-30-14-10-26-52(60)53-27-11-15-31-61(53)68)64(58)41-66(56)69(65-33-17-19-42-18-3-4-20-45(42)65)44-35-37-50-48-23-6-5-21-46(48)47-22-7-8-24-49(47)57(50)39-44/h3-41H,1-2H3. The van der Waals surface area contributed by atoms with Gasteiger partial charge in [-0.15, -0.1) is 0 Å². The zero-order valence-electron chi connectivity index (χ0n) is 38.5. The molecule has 0 N–H and O–H groups in total. The van der Waals surface area contributed by atoms with Crippen molar-refractivity contribution in [3.63, 3.8) is 0 Å². The highest BCUT2D eigenvalue weighted by Crippen LogP contribution is 2.64. The molecular formula is C68H45N. The molecule has 0 heterocycles. The first-order valence-corrected chi connectivity index (χ1v) is 24.3. The van der Waals surface area contributed by atoms with E-state index in [9.17, 15) is 0 Å². The number of benzene rings is 12. The van der Waals surface area contributed by atoms with Crippen molar-refractivity contribution in [1.29, 1.82) is 0 Å². The van der Waals surface area contributed by atoms with E-state index in [1.54, 1.807) is 0 Å². The van der Waals surface area contributed by atoms with Gasteiger partial charge >= 0.3 is 0 Å². The summed E-state index contributed by atoms with van der Waals surface area (Å²) in [5, 5.41) is 10.00. The fourth-order valence-corrected chi connectivity index (χ4v) is 13.3. The van der Waals surface area contributed by atoms with Crippen LogP contribution < -0.4 is 4.90 Å². The smallest absolute Gasteiger partial charge is 0.0726 e. The van der Waals surface area contributed by atoms with Crippen molar-refractivity contribution in [1.82, 2.24) is 0 Å². The first-order valence-electron chi connectivity index (χ1n) is 24.3. The van der Waals surface area contributed by atoms with Crippen molar-refractivity contribution in [3.05, 3.63) is 270 Å². The summed E-state index contributed by atoms with van der Waals surface area (Å²) >= 11 is 0. The molecule has 0 saturated carbocycles. The molecule has 322 valence electrons. The number of hydrogen-bond donors (Lipinski definition) is 0. The van der Waals surface area contributed by atoms with Gasteiger partial charge in [0, 0.05) is 22.1 Å². The highest BCUT2D eigenvalue weighted by atomic mass is 15.1. The minimum atomic E-state index is -0.517. The number of anilines is 3. The van der Waals surface area contributed by atoms with Gasteiger partial charge in [0.25, 0.3) is 0 Å². The summed E-state index contributed by atoms with van der Waals surface area (Å²) < 4.78 is 0. The van der Waals surface area contributed by atoms with Crippen LogP contribution >= 0.6 is 0 Å². The van der Waals surface area contributed by atoms with E-state index >= 15 is 0 Å². The summed E-state index contributed by atoms with van der Waals surface area (Å²) in [5.74, 6) is 0. The molecule has 3 aliphatic carbocycles. The molecule has 0 atom stereocenters. The molecule has 0 unspecified atom stereocenters. The maximum atomic E-state index is 2.60. The van der Waals surface area contributed by atoms with Gasteiger partial charge in [0.1, 0.15) is 0 Å². The second kappa shape index (κ2) is 14.0. The van der Waals surface area contributed by atoms with Crippen molar-refractivity contribution in [3.8, 4) is 44.5 Å². The normalized spacial score (nSPS) is 14.2. The van der Waals surface area contributed by atoms with E-state index < -0.39 is 5.41 Å². The SMILES string of the molecule is CC1(C)c2ccccc2-c2ccc(-c3cc4c(cc3N(c3ccc5c6ccccc6c6ccccc6c5c3)c3cccc5ccccc35)C3(c5ccccc5-c5ccccc53)c3ccccc3-4)cc21. The van der Waals surface area contributed by atoms with Crippen LogP contribution in [0.1, 0.15) is 47.2 Å². The van der Waals surface area contributed by atoms with Gasteiger partial charge in [-0.05, 0) is 146 Å². The van der Waals surface area contributed by atoms with E-state index in [2.05, 4.69) is 255 Å². The molecule has 3 aliphatic rings. The van der Waals surface area contributed by atoms with Crippen LogP contribution in [0.2, 0.25) is 0 Å². The minimum absolute atomic E-state index is 0.162. The summed E-state index contributed by atoms with van der Waals surface area (Å²) in [5.41, 5.74) is 21.1. The molecule has 0 fully saturated rings. The van der Waals surface area contributed by atoms with Crippen molar-refractivity contribution >= 4 is 60.2 Å². The van der Waals surface area contributed by atoms with Crippen molar-refractivity contribution in [2.45, 2.75) is 24.7 Å². The first kappa shape index (κ1) is 38.6. The highest BCUT2D eigenvalue weighted by Gasteiger charge is 2.52. The molecule has 12 aromatic carbocycles. The summed E-state index contributed by atoms with van der Waals surface area (Å²) in [7, 11) is 0. The number of hydrogen-bond acceptors (Lipinski definition) is 1. The van der Waals surface area contributed by atoms with Gasteiger partial charge in [0.05, 0.1) is 16.8 Å².